The number of nitrogens with zero attached hydrogens (tertiary/aromatic N) is 2. The second kappa shape index (κ2) is 7.14. The largest absolute Gasteiger partial charge is 0.462 e. The Morgan fingerprint density at radius 2 is 2.17 bits per heavy atom. The van der Waals surface area contributed by atoms with Crippen LogP contribution in [0.4, 0.5) is 0 Å². The maximum absolute atomic E-state index is 9.03. The molecule has 0 saturated heterocycles. The van der Waals surface area contributed by atoms with Gasteiger partial charge in [-0.3, -0.25) is 4.98 Å². The van der Waals surface area contributed by atoms with Gasteiger partial charge in [-0.05, 0) is 49.6 Å². The van der Waals surface area contributed by atoms with Gasteiger partial charge in [0.2, 0.25) is 0 Å². The van der Waals surface area contributed by atoms with Crippen molar-refractivity contribution in [1.82, 2.24) is 4.98 Å². The average Bonchev–Trinajstić information content (AvgIpc) is 2.64. The van der Waals surface area contributed by atoms with E-state index in [9.17, 15) is 0 Å². The molecule has 0 fully saturated rings. The minimum atomic E-state index is 0.378. The van der Waals surface area contributed by atoms with E-state index >= 15 is 0 Å². The summed E-state index contributed by atoms with van der Waals surface area (Å²) in [6.45, 7) is 6.16. The van der Waals surface area contributed by atoms with Crippen LogP contribution in [0.15, 0.2) is 66.6 Å². The zero-order valence-electron chi connectivity index (χ0n) is 13.8. The van der Waals surface area contributed by atoms with Gasteiger partial charge in [0.15, 0.2) is 0 Å². The van der Waals surface area contributed by atoms with E-state index in [1.807, 2.05) is 30.5 Å². The van der Waals surface area contributed by atoms with Crippen molar-refractivity contribution in [2.24, 2.45) is 0 Å². The minimum Gasteiger partial charge on any atom is -0.462 e. The summed E-state index contributed by atoms with van der Waals surface area (Å²) in [5.41, 5.74) is 3.83. The normalized spacial score (nSPS) is 17.2. The highest BCUT2D eigenvalue weighted by Gasteiger charge is 2.23. The number of ether oxygens (including phenoxy) is 1. The molecular formula is C21H20N2O. The Hall–Kier alpha value is -2.86. The van der Waals surface area contributed by atoms with Crippen LogP contribution in [-0.4, -0.2) is 4.98 Å². The first kappa shape index (κ1) is 16.0. The average molecular weight is 316 g/mol. The molecule has 0 spiro atoms. The number of aromatic nitrogens is 1. The molecule has 0 aliphatic heterocycles. The summed E-state index contributed by atoms with van der Waals surface area (Å²) in [7, 11) is 0. The second-order valence-electron chi connectivity index (χ2n) is 6.12. The molecule has 1 unspecified atom stereocenters. The van der Waals surface area contributed by atoms with Crippen molar-refractivity contribution in [3.8, 4) is 6.07 Å². The molecule has 3 nitrogen and oxygen atoms in total. The van der Waals surface area contributed by atoms with Crippen molar-refractivity contribution < 1.29 is 4.74 Å². The standard InChI is InChI=1S/C21H20N2O/c1-15-9-10-19(20-8-3-4-11-23-20)13-21(15)24-16(2)18-7-5-6-17(12-18)14-22/h3-8,11-12,19H,2,9-10,13H2,1H3. The Balaban J connectivity index is 1.76. The first-order chi connectivity index (χ1) is 11.7. The van der Waals surface area contributed by atoms with Crippen molar-refractivity contribution in [2.45, 2.75) is 32.1 Å². The fourth-order valence-electron chi connectivity index (χ4n) is 3.00. The van der Waals surface area contributed by atoms with Gasteiger partial charge in [0, 0.05) is 29.8 Å². The summed E-state index contributed by atoms with van der Waals surface area (Å²) in [6, 6.07) is 15.5. The smallest absolute Gasteiger partial charge is 0.127 e. The Morgan fingerprint density at radius 1 is 1.29 bits per heavy atom. The highest BCUT2D eigenvalue weighted by molar-refractivity contribution is 5.60. The molecule has 3 heteroatoms. The van der Waals surface area contributed by atoms with Gasteiger partial charge < -0.3 is 4.74 Å². The summed E-state index contributed by atoms with van der Waals surface area (Å²) in [6.07, 6.45) is 4.77. The van der Waals surface area contributed by atoms with Gasteiger partial charge in [-0.25, -0.2) is 0 Å². The van der Waals surface area contributed by atoms with Gasteiger partial charge in [-0.15, -0.1) is 0 Å². The molecule has 0 N–H and O–H groups in total. The third-order valence-corrected chi connectivity index (χ3v) is 4.44. The lowest BCUT2D eigenvalue weighted by Gasteiger charge is -2.26. The van der Waals surface area contributed by atoms with Gasteiger partial charge in [-0.2, -0.15) is 5.26 Å². The first-order valence-corrected chi connectivity index (χ1v) is 8.14. The minimum absolute atomic E-state index is 0.378. The Labute approximate surface area is 142 Å². The fraction of sp³-hybridized carbons (Fsp3) is 0.238. The summed E-state index contributed by atoms with van der Waals surface area (Å²) in [5, 5.41) is 9.03. The van der Waals surface area contributed by atoms with E-state index in [1.54, 1.807) is 12.1 Å². The number of nitriles is 1. The van der Waals surface area contributed by atoms with E-state index in [0.29, 0.717) is 17.2 Å². The van der Waals surface area contributed by atoms with Crippen molar-refractivity contribution in [3.05, 3.63) is 83.4 Å². The van der Waals surface area contributed by atoms with E-state index in [1.165, 1.54) is 5.57 Å². The quantitative estimate of drug-likeness (QED) is 0.730. The second-order valence-corrected chi connectivity index (χ2v) is 6.12. The van der Waals surface area contributed by atoms with E-state index in [-0.39, 0.29) is 0 Å². The lowest BCUT2D eigenvalue weighted by molar-refractivity contribution is 0.325. The first-order valence-electron chi connectivity index (χ1n) is 8.14. The van der Waals surface area contributed by atoms with Gasteiger partial charge in [0.05, 0.1) is 11.6 Å². The van der Waals surface area contributed by atoms with Crippen molar-refractivity contribution in [1.29, 1.82) is 5.26 Å². The van der Waals surface area contributed by atoms with Gasteiger partial charge >= 0.3 is 0 Å². The van der Waals surface area contributed by atoms with Crippen LogP contribution in [0, 0.1) is 11.3 Å². The summed E-state index contributed by atoms with van der Waals surface area (Å²) < 4.78 is 6.09. The summed E-state index contributed by atoms with van der Waals surface area (Å²) in [5.74, 6) is 1.94. The highest BCUT2D eigenvalue weighted by atomic mass is 16.5. The number of rotatable bonds is 4. The van der Waals surface area contributed by atoms with Gasteiger partial charge in [-0.1, -0.05) is 24.8 Å². The van der Waals surface area contributed by atoms with E-state index < -0.39 is 0 Å². The molecule has 1 atom stereocenters. The molecule has 0 saturated carbocycles. The third-order valence-electron chi connectivity index (χ3n) is 4.44. The molecule has 1 aromatic heterocycles. The molecule has 0 bridgehead atoms. The van der Waals surface area contributed by atoms with Gasteiger partial charge in [0.1, 0.15) is 11.5 Å². The fourth-order valence-corrected chi connectivity index (χ4v) is 3.00. The Bertz CT molecular complexity index is 815. The van der Waals surface area contributed by atoms with Crippen molar-refractivity contribution >= 4 is 5.76 Å². The number of allylic oxidation sites excluding steroid dienone is 2. The zero-order valence-corrected chi connectivity index (χ0v) is 13.8. The lowest BCUT2D eigenvalue weighted by atomic mass is 9.86. The highest BCUT2D eigenvalue weighted by Crippen LogP contribution is 2.37. The van der Waals surface area contributed by atoms with Crippen LogP contribution in [0.25, 0.3) is 5.76 Å². The number of hydrogen-bond acceptors (Lipinski definition) is 3. The molecule has 1 heterocycles. The topological polar surface area (TPSA) is 45.9 Å². The maximum Gasteiger partial charge on any atom is 0.127 e. The van der Waals surface area contributed by atoms with Gasteiger partial charge in [0.25, 0.3) is 0 Å². The van der Waals surface area contributed by atoms with Crippen LogP contribution in [0.2, 0.25) is 0 Å². The van der Waals surface area contributed by atoms with Crippen LogP contribution < -0.4 is 0 Å². The predicted octanol–water partition coefficient (Wildman–Crippen LogP) is 5.18. The lowest BCUT2D eigenvalue weighted by Crippen LogP contribution is -2.11. The molecule has 1 aliphatic rings. The van der Waals surface area contributed by atoms with Crippen LogP contribution in [0.1, 0.15) is 48.9 Å². The third kappa shape index (κ3) is 3.55. The molecule has 1 aromatic carbocycles. The van der Waals surface area contributed by atoms with E-state index in [2.05, 4.69) is 30.6 Å². The Morgan fingerprint density at radius 3 is 2.92 bits per heavy atom. The number of benzene rings is 1. The molecule has 3 rings (SSSR count). The summed E-state index contributed by atoms with van der Waals surface area (Å²) in [4.78, 5) is 4.49. The molecular weight excluding hydrogens is 296 g/mol. The number of pyridine rings is 1. The monoisotopic (exact) mass is 316 g/mol. The zero-order chi connectivity index (χ0) is 16.9. The molecule has 1 aliphatic carbocycles. The van der Waals surface area contributed by atoms with E-state index in [4.69, 9.17) is 10.00 Å². The summed E-state index contributed by atoms with van der Waals surface area (Å²) >= 11 is 0. The molecule has 0 amide bonds. The van der Waals surface area contributed by atoms with Crippen LogP contribution >= 0.6 is 0 Å². The predicted molar refractivity (Wildman–Crippen MR) is 94.8 cm³/mol. The van der Waals surface area contributed by atoms with Crippen molar-refractivity contribution in [2.75, 3.05) is 0 Å². The molecule has 2 aromatic rings. The van der Waals surface area contributed by atoms with E-state index in [0.717, 1.165) is 36.3 Å². The maximum atomic E-state index is 9.03. The Kier molecular flexibility index (Phi) is 4.77. The molecule has 0 radical (unpaired) electrons. The van der Waals surface area contributed by atoms with Crippen LogP contribution in [0.5, 0.6) is 0 Å². The van der Waals surface area contributed by atoms with Crippen LogP contribution in [-0.2, 0) is 4.74 Å². The van der Waals surface area contributed by atoms with Crippen LogP contribution in [0.3, 0.4) is 0 Å². The molecule has 24 heavy (non-hydrogen) atoms. The van der Waals surface area contributed by atoms with Crippen molar-refractivity contribution in [3.63, 3.8) is 0 Å². The number of hydrogen-bond donors (Lipinski definition) is 0. The SMILES string of the molecule is C=C(OC1=C(C)CCC(c2ccccn2)C1)c1cccc(C#N)c1. The molecule has 120 valence electrons.